The van der Waals surface area contributed by atoms with E-state index in [-0.39, 0.29) is 5.69 Å². The number of nitrogens with zero attached hydrogens (tertiary/aromatic N) is 2. The lowest BCUT2D eigenvalue weighted by Crippen LogP contribution is -2.05. The van der Waals surface area contributed by atoms with Gasteiger partial charge in [0.25, 0.3) is 0 Å². The van der Waals surface area contributed by atoms with E-state index < -0.39 is 5.97 Å². The number of ether oxygens (including phenoxy) is 2. The van der Waals surface area contributed by atoms with E-state index in [0.717, 1.165) is 21.9 Å². The van der Waals surface area contributed by atoms with Crippen molar-refractivity contribution in [2.45, 2.75) is 0 Å². The van der Waals surface area contributed by atoms with Gasteiger partial charge in [-0.1, -0.05) is 18.2 Å². The van der Waals surface area contributed by atoms with Gasteiger partial charge in [0.1, 0.15) is 16.8 Å². The highest BCUT2D eigenvalue weighted by Crippen LogP contribution is 2.33. The van der Waals surface area contributed by atoms with Gasteiger partial charge in [0.2, 0.25) is 0 Å². The number of aromatic nitrogens is 2. The Kier molecular flexibility index (Phi) is 2.82. The summed E-state index contributed by atoms with van der Waals surface area (Å²) in [5.41, 5.74) is 2.88. The Morgan fingerprint density at radius 3 is 2.70 bits per heavy atom. The number of fused-ring (bicyclic) bond motifs is 3. The van der Waals surface area contributed by atoms with E-state index in [9.17, 15) is 4.79 Å². The van der Waals surface area contributed by atoms with E-state index in [1.807, 2.05) is 35.9 Å². The normalized spacial score (nSPS) is 10.9. The monoisotopic (exact) mass is 270 g/mol. The molecule has 2 aromatic heterocycles. The van der Waals surface area contributed by atoms with Crippen molar-refractivity contribution in [2.24, 2.45) is 7.05 Å². The third kappa shape index (κ3) is 1.63. The fourth-order valence-corrected chi connectivity index (χ4v) is 2.48. The average Bonchev–Trinajstić information content (AvgIpc) is 2.79. The number of esters is 1. The lowest BCUT2D eigenvalue weighted by atomic mass is 10.2. The van der Waals surface area contributed by atoms with Crippen LogP contribution in [0.25, 0.3) is 21.9 Å². The lowest BCUT2D eigenvalue weighted by molar-refractivity contribution is 0.0594. The molecule has 0 N–H and O–H groups in total. The molecule has 20 heavy (non-hydrogen) atoms. The van der Waals surface area contributed by atoms with Gasteiger partial charge in [-0.15, -0.1) is 0 Å². The molecule has 0 saturated carbocycles. The zero-order valence-electron chi connectivity index (χ0n) is 11.5. The van der Waals surface area contributed by atoms with Gasteiger partial charge >= 0.3 is 5.97 Å². The van der Waals surface area contributed by atoms with Crippen LogP contribution in [0.5, 0.6) is 5.75 Å². The van der Waals surface area contributed by atoms with Crippen LogP contribution in [0, 0.1) is 0 Å². The second kappa shape index (κ2) is 4.52. The van der Waals surface area contributed by atoms with Crippen LogP contribution in [-0.4, -0.2) is 29.7 Å². The summed E-state index contributed by atoms with van der Waals surface area (Å²) >= 11 is 0. The molecule has 2 heterocycles. The molecule has 0 aliphatic heterocycles. The first-order valence-electron chi connectivity index (χ1n) is 6.18. The van der Waals surface area contributed by atoms with Crippen LogP contribution >= 0.6 is 0 Å². The molecule has 5 heteroatoms. The molecule has 0 amide bonds. The second-order valence-electron chi connectivity index (χ2n) is 4.47. The van der Waals surface area contributed by atoms with Crippen molar-refractivity contribution >= 4 is 27.9 Å². The Morgan fingerprint density at radius 2 is 2.00 bits per heavy atom. The molecule has 0 radical (unpaired) electrons. The number of hydrogen-bond acceptors (Lipinski definition) is 4. The van der Waals surface area contributed by atoms with E-state index in [4.69, 9.17) is 9.47 Å². The summed E-state index contributed by atoms with van der Waals surface area (Å²) < 4.78 is 12.2. The number of rotatable bonds is 2. The van der Waals surface area contributed by atoms with Crippen molar-refractivity contribution in [1.82, 2.24) is 9.55 Å². The van der Waals surface area contributed by atoms with E-state index in [1.54, 1.807) is 13.2 Å². The largest absolute Gasteiger partial charge is 0.494 e. The van der Waals surface area contributed by atoms with Crippen LogP contribution in [0.15, 0.2) is 30.3 Å². The fourth-order valence-electron chi connectivity index (χ4n) is 2.48. The van der Waals surface area contributed by atoms with Gasteiger partial charge in [-0.25, -0.2) is 9.78 Å². The topological polar surface area (TPSA) is 53.4 Å². The summed E-state index contributed by atoms with van der Waals surface area (Å²) in [5.74, 6) is 0.132. The van der Waals surface area contributed by atoms with Crippen molar-refractivity contribution in [3.63, 3.8) is 0 Å². The molecule has 5 nitrogen and oxygen atoms in total. The Morgan fingerprint density at radius 1 is 1.25 bits per heavy atom. The predicted octanol–water partition coefficient (Wildman–Crippen LogP) is 2.52. The van der Waals surface area contributed by atoms with Gasteiger partial charge in [-0.05, 0) is 6.07 Å². The quantitative estimate of drug-likeness (QED) is 0.671. The first kappa shape index (κ1) is 12.5. The molecule has 102 valence electrons. The Labute approximate surface area is 115 Å². The molecule has 0 atom stereocenters. The molecule has 3 aromatic rings. The molecule has 0 saturated heterocycles. The first-order chi connectivity index (χ1) is 9.67. The molecule has 0 bridgehead atoms. The predicted molar refractivity (Wildman–Crippen MR) is 76.1 cm³/mol. The lowest BCUT2D eigenvalue weighted by Gasteiger charge is -2.06. The number of aryl methyl sites for hydroxylation is 1. The third-order valence-electron chi connectivity index (χ3n) is 3.43. The van der Waals surface area contributed by atoms with Crippen LogP contribution < -0.4 is 4.74 Å². The van der Waals surface area contributed by atoms with Crippen molar-refractivity contribution < 1.29 is 14.3 Å². The smallest absolute Gasteiger partial charge is 0.356 e. The molecule has 0 fully saturated rings. The minimum atomic E-state index is -0.474. The van der Waals surface area contributed by atoms with E-state index >= 15 is 0 Å². The maximum absolute atomic E-state index is 11.7. The number of pyridine rings is 1. The Balaban J connectivity index is 2.47. The highest BCUT2D eigenvalue weighted by Gasteiger charge is 2.18. The van der Waals surface area contributed by atoms with E-state index in [0.29, 0.717) is 5.75 Å². The van der Waals surface area contributed by atoms with E-state index in [1.165, 1.54) is 7.11 Å². The summed E-state index contributed by atoms with van der Waals surface area (Å²) in [4.78, 5) is 16.1. The summed E-state index contributed by atoms with van der Waals surface area (Å²) in [7, 11) is 4.87. The number of methoxy groups -OCH3 is 2. The fraction of sp³-hybridized carbons (Fsp3) is 0.200. The highest BCUT2D eigenvalue weighted by molar-refractivity contribution is 6.09. The van der Waals surface area contributed by atoms with Gasteiger partial charge in [0, 0.05) is 18.5 Å². The number of hydrogen-bond donors (Lipinski definition) is 0. The maximum Gasteiger partial charge on any atom is 0.356 e. The van der Waals surface area contributed by atoms with Gasteiger partial charge in [0.05, 0.1) is 19.7 Å². The van der Waals surface area contributed by atoms with E-state index in [2.05, 4.69) is 4.98 Å². The molecule has 1 aromatic carbocycles. The first-order valence-corrected chi connectivity index (χ1v) is 6.18. The molecule has 0 unspecified atom stereocenters. The van der Waals surface area contributed by atoms with Crippen molar-refractivity contribution in [3.8, 4) is 5.75 Å². The van der Waals surface area contributed by atoms with Crippen LogP contribution in [-0.2, 0) is 11.8 Å². The van der Waals surface area contributed by atoms with Crippen LogP contribution in [0.1, 0.15) is 10.5 Å². The molecule has 0 aliphatic carbocycles. The van der Waals surface area contributed by atoms with Crippen LogP contribution in [0.4, 0.5) is 0 Å². The number of para-hydroxylation sites is 1. The van der Waals surface area contributed by atoms with Gasteiger partial charge in [-0.2, -0.15) is 0 Å². The summed E-state index contributed by atoms with van der Waals surface area (Å²) in [5, 5.41) is 0.981. The minimum Gasteiger partial charge on any atom is -0.494 e. The highest BCUT2D eigenvalue weighted by atomic mass is 16.5. The molecular weight excluding hydrogens is 256 g/mol. The Bertz CT molecular complexity index is 821. The average molecular weight is 270 g/mol. The second-order valence-corrected chi connectivity index (χ2v) is 4.47. The van der Waals surface area contributed by atoms with Crippen molar-refractivity contribution in [2.75, 3.05) is 14.2 Å². The summed E-state index contributed by atoms with van der Waals surface area (Å²) in [6.45, 7) is 0. The summed E-state index contributed by atoms with van der Waals surface area (Å²) in [6.07, 6.45) is 0. The van der Waals surface area contributed by atoms with Crippen molar-refractivity contribution in [3.05, 3.63) is 36.0 Å². The van der Waals surface area contributed by atoms with Gasteiger partial charge < -0.3 is 14.0 Å². The Hall–Kier alpha value is -2.56. The zero-order valence-corrected chi connectivity index (χ0v) is 11.5. The molecule has 3 rings (SSSR count). The number of carbonyl (C=O) groups is 1. The number of benzene rings is 1. The third-order valence-corrected chi connectivity index (χ3v) is 3.43. The maximum atomic E-state index is 11.7. The zero-order chi connectivity index (χ0) is 14.3. The van der Waals surface area contributed by atoms with Crippen LogP contribution in [0.2, 0.25) is 0 Å². The molecular formula is C15H14N2O3. The van der Waals surface area contributed by atoms with Crippen LogP contribution in [0.3, 0.4) is 0 Å². The molecule has 0 spiro atoms. The number of carbonyl (C=O) groups excluding carboxylic acids is 1. The van der Waals surface area contributed by atoms with Gasteiger partial charge in [-0.3, -0.25) is 0 Å². The van der Waals surface area contributed by atoms with Gasteiger partial charge in [0.15, 0.2) is 5.69 Å². The van der Waals surface area contributed by atoms with Crippen molar-refractivity contribution in [1.29, 1.82) is 0 Å². The minimum absolute atomic E-state index is 0.244. The molecule has 0 aliphatic rings. The summed E-state index contributed by atoms with van der Waals surface area (Å²) in [6, 6.07) is 9.50. The SMILES string of the molecule is COC(=O)c1cc(OC)c2c(n1)c1ccccc1n2C. The standard InChI is InChI=1S/C15H14N2O3/c1-17-11-7-5-4-6-9(11)13-14(17)12(19-2)8-10(16-13)15(18)20-3/h4-8H,1-3H3.